The lowest BCUT2D eigenvalue weighted by atomic mass is 10.1. The predicted molar refractivity (Wildman–Crippen MR) is 54.1 cm³/mol. The van der Waals surface area contributed by atoms with E-state index in [2.05, 4.69) is 0 Å². The zero-order valence-corrected chi connectivity index (χ0v) is 8.27. The van der Waals surface area contributed by atoms with E-state index in [0.29, 0.717) is 18.5 Å². The SMILES string of the molecule is COc1c(O)ccc(CCN)c1[N+](=O)[O-]. The van der Waals surface area contributed by atoms with Crippen LogP contribution in [0.1, 0.15) is 5.56 Å². The van der Waals surface area contributed by atoms with Crippen LogP contribution in [-0.2, 0) is 6.42 Å². The Morgan fingerprint density at radius 1 is 1.60 bits per heavy atom. The maximum Gasteiger partial charge on any atom is 0.318 e. The molecule has 1 aromatic rings. The van der Waals surface area contributed by atoms with Crippen LogP contribution in [0.25, 0.3) is 0 Å². The minimum atomic E-state index is -0.580. The van der Waals surface area contributed by atoms with Gasteiger partial charge in [0.15, 0.2) is 5.75 Å². The molecule has 0 radical (unpaired) electrons. The minimum Gasteiger partial charge on any atom is -0.504 e. The number of nitro benzene ring substituents is 1. The van der Waals surface area contributed by atoms with E-state index in [1.165, 1.54) is 19.2 Å². The van der Waals surface area contributed by atoms with Gasteiger partial charge in [-0.25, -0.2) is 0 Å². The Hall–Kier alpha value is -1.82. The van der Waals surface area contributed by atoms with Crippen molar-refractivity contribution in [3.63, 3.8) is 0 Å². The largest absolute Gasteiger partial charge is 0.504 e. The summed E-state index contributed by atoms with van der Waals surface area (Å²) in [6.45, 7) is 0.300. The van der Waals surface area contributed by atoms with Crippen LogP contribution in [0.2, 0.25) is 0 Å². The molecule has 0 saturated heterocycles. The van der Waals surface area contributed by atoms with E-state index < -0.39 is 4.92 Å². The van der Waals surface area contributed by atoms with Gasteiger partial charge in [-0.05, 0) is 25.1 Å². The molecule has 0 spiro atoms. The van der Waals surface area contributed by atoms with E-state index in [1.54, 1.807) is 0 Å². The molecule has 0 saturated carbocycles. The summed E-state index contributed by atoms with van der Waals surface area (Å²) in [5.41, 5.74) is 5.57. The van der Waals surface area contributed by atoms with E-state index in [9.17, 15) is 15.2 Å². The number of nitrogens with two attached hydrogens (primary N) is 1. The molecule has 0 aliphatic heterocycles. The van der Waals surface area contributed by atoms with Crippen LogP contribution in [0, 0.1) is 10.1 Å². The molecule has 0 aliphatic rings. The molecule has 0 atom stereocenters. The molecule has 3 N–H and O–H groups in total. The second-order valence-corrected chi connectivity index (χ2v) is 2.92. The lowest BCUT2D eigenvalue weighted by Gasteiger charge is -2.07. The van der Waals surface area contributed by atoms with Crippen molar-refractivity contribution < 1.29 is 14.8 Å². The lowest BCUT2D eigenvalue weighted by molar-refractivity contribution is -0.386. The summed E-state index contributed by atoms with van der Waals surface area (Å²) in [5, 5.41) is 20.2. The first-order chi connectivity index (χ1) is 7.11. The van der Waals surface area contributed by atoms with Crippen LogP contribution >= 0.6 is 0 Å². The van der Waals surface area contributed by atoms with Gasteiger partial charge in [-0.1, -0.05) is 0 Å². The number of methoxy groups -OCH3 is 1. The number of hydrogen-bond donors (Lipinski definition) is 2. The van der Waals surface area contributed by atoms with Gasteiger partial charge >= 0.3 is 5.69 Å². The predicted octanol–water partition coefficient (Wildman–Crippen LogP) is 0.810. The van der Waals surface area contributed by atoms with E-state index >= 15 is 0 Å². The Labute approximate surface area is 86.4 Å². The number of aromatic hydroxyl groups is 1. The summed E-state index contributed by atoms with van der Waals surface area (Å²) >= 11 is 0. The Kier molecular flexibility index (Phi) is 3.46. The van der Waals surface area contributed by atoms with Crippen molar-refractivity contribution in [1.82, 2.24) is 0 Å². The van der Waals surface area contributed by atoms with Gasteiger partial charge in [0.1, 0.15) is 0 Å². The van der Waals surface area contributed by atoms with Crippen LogP contribution < -0.4 is 10.5 Å². The summed E-state index contributed by atoms with van der Waals surface area (Å²) in [6, 6.07) is 2.83. The average Bonchev–Trinajstić information content (AvgIpc) is 2.20. The summed E-state index contributed by atoms with van der Waals surface area (Å²) in [5.74, 6) is -0.365. The molecular weight excluding hydrogens is 200 g/mol. The van der Waals surface area contributed by atoms with Crippen LogP contribution in [0.3, 0.4) is 0 Å². The second kappa shape index (κ2) is 4.61. The maximum absolute atomic E-state index is 10.8. The third kappa shape index (κ3) is 2.16. The van der Waals surface area contributed by atoms with Crippen molar-refractivity contribution in [2.45, 2.75) is 6.42 Å². The zero-order valence-electron chi connectivity index (χ0n) is 8.27. The van der Waals surface area contributed by atoms with E-state index in [1.807, 2.05) is 0 Å². The van der Waals surface area contributed by atoms with Gasteiger partial charge in [0.05, 0.1) is 12.0 Å². The number of benzene rings is 1. The van der Waals surface area contributed by atoms with Crippen molar-refractivity contribution in [3.05, 3.63) is 27.8 Å². The van der Waals surface area contributed by atoms with Gasteiger partial charge < -0.3 is 15.6 Å². The first-order valence-electron chi connectivity index (χ1n) is 4.35. The third-order valence-corrected chi connectivity index (χ3v) is 1.99. The molecule has 0 aromatic heterocycles. The molecule has 0 amide bonds. The first-order valence-corrected chi connectivity index (χ1v) is 4.35. The summed E-state index contributed by atoms with van der Waals surface area (Å²) < 4.78 is 4.79. The van der Waals surface area contributed by atoms with Crippen LogP contribution in [0.5, 0.6) is 11.5 Å². The molecular formula is C9H12N2O4. The molecule has 0 unspecified atom stereocenters. The fourth-order valence-electron chi connectivity index (χ4n) is 1.36. The Balaban J connectivity index is 3.35. The Morgan fingerprint density at radius 2 is 2.27 bits per heavy atom. The molecule has 1 aromatic carbocycles. The lowest BCUT2D eigenvalue weighted by Crippen LogP contribution is -2.06. The van der Waals surface area contributed by atoms with Gasteiger partial charge in [-0.15, -0.1) is 0 Å². The number of hydrogen-bond acceptors (Lipinski definition) is 5. The maximum atomic E-state index is 10.8. The highest BCUT2D eigenvalue weighted by atomic mass is 16.6. The van der Waals surface area contributed by atoms with Crippen LogP contribution in [-0.4, -0.2) is 23.7 Å². The summed E-state index contributed by atoms with van der Waals surface area (Å²) in [4.78, 5) is 10.2. The summed E-state index contributed by atoms with van der Waals surface area (Å²) in [6.07, 6.45) is 0.368. The highest BCUT2D eigenvalue weighted by Crippen LogP contribution is 2.38. The minimum absolute atomic E-state index is 0.119. The van der Waals surface area contributed by atoms with Crippen LogP contribution in [0.15, 0.2) is 12.1 Å². The molecule has 82 valence electrons. The van der Waals surface area contributed by atoms with Crippen molar-refractivity contribution in [3.8, 4) is 11.5 Å². The average molecular weight is 212 g/mol. The monoisotopic (exact) mass is 212 g/mol. The number of rotatable bonds is 4. The molecule has 6 nitrogen and oxygen atoms in total. The topological polar surface area (TPSA) is 98.6 Å². The van der Waals surface area contributed by atoms with Crippen molar-refractivity contribution in [2.75, 3.05) is 13.7 Å². The first kappa shape index (κ1) is 11.3. The highest BCUT2D eigenvalue weighted by Gasteiger charge is 2.23. The van der Waals surface area contributed by atoms with Gasteiger partial charge in [0.25, 0.3) is 0 Å². The summed E-state index contributed by atoms with van der Waals surface area (Å²) in [7, 11) is 1.27. The standard InChI is InChI=1S/C9H12N2O4/c1-15-9-7(12)3-2-6(4-5-10)8(9)11(13)14/h2-3,12H,4-5,10H2,1H3. The number of nitrogens with zero attached hydrogens (tertiary/aromatic N) is 1. The quantitative estimate of drug-likeness (QED) is 0.568. The van der Waals surface area contributed by atoms with E-state index in [0.717, 1.165) is 0 Å². The molecule has 0 fully saturated rings. The number of nitro groups is 1. The molecule has 1 rings (SSSR count). The smallest absolute Gasteiger partial charge is 0.318 e. The van der Waals surface area contributed by atoms with Crippen molar-refractivity contribution >= 4 is 5.69 Å². The van der Waals surface area contributed by atoms with Gasteiger partial charge in [0.2, 0.25) is 5.75 Å². The Bertz CT molecular complexity index is 379. The zero-order chi connectivity index (χ0) is 11.4. The fraction of sp³-hybridized carbons (Fsp3) is 0.333. The third-order valence-electron chi connectivity index (χ3n) is 1.99. The molecule has 15 heavy (non-hydrogen) atoms. The fourth-order valence-corrected chi connectivity index (χ4v) is 1.36. The van der Waals surface area contributed by atoms with Gasteiger partial charge in [0, 0.05) is 5.56 Å². The molecule has 6 heteroatoms. The number of ether oxygens (including phenoxy) is 1. The highest BCUT2D eigenvalue weighted by molar-refractivity contribution is 5.60. The number of phenols is 1. The van der Waals surface area contributed by atoms with Crippen molar-refractivity contribution in [1.29, 1.82) is 0 Å². The van der Waals surface area contributed by atoms with Gasteiger partial charge in [-0.3, -0.25) is 10.1 Å². The Morgan fingerprint density at radius 3 is 2.73 bits per heavy atom. The van der Waals surface area contributed by atoms with Crippen molar-refractivity contribution in [2.24, 2.45) is 5.73 Å². The second-order valence-electron chi connectivity index (χ2n) is 2.92. The van der Waals surface area contributed by atoms with Crippen LogP contribution in [0.4, 0.5) is 5.69 Å². The van der Waals surface area contributed by atoms with E-state index in [-0.39, 0.29) is 17.2 Å². The molecule has 0 heterocycles. The van der Waals surface area contributed by atoms with Gasteiger partial charge in [-0.2, -0.15) is 0 Å². The molecule has 0 aliphatic carbocycles. The normalized spacial score (nSPS) is 10.0. The number of phenolic OH excluding ortho intramolecular Hbond substituents is 1. The molecule has 0 bridgehead atoms. The van der Waals surface area contributed by atoms with E-state index in [4.69, 9.17) is 10.5 Å².